The van der Waals surface area contributed by atoms with E-state index in [4.69, 9.17) is 9.57 Å². The molecule has 9 nitrogen and oxygen atoms in total. The molecule has 0 saturated heterocycles. The third-order valence-corrected chi connectivity index (χ3v) is 4.79. The van der Waals surface area contributed by atoms with Crippen LogP contribution >= 0.6 is 11.8 Å². The third kappa shape index (κ3) is 2.64. The van der Waals surface area contributed by atoms with Crippen LogP contribution in [0, 0.1) is 0 Å². The molecule has 0 aliphatic carbocycles. The molecular formula is C16H14N6O3S. The van der Waals surface area contributed by atoms with Crippen molar-refractivity contribution in [3.63, 3.8) is 0 Å². The van der Waals surface area contributed by atoms with Crippen LogP contribution in [-0.2, 0) is 5.75 Å². The molecule has 0 aliphatic rings. The molecule has 0 aliphatic heterocycles. The van der Waals surface area contributed by atoms with Crippen molar-refractivity contribution >= 4 is 33.8 Å². The summed E-state index contributed by atoms with van der Waals surface area (Å²) in [4.78, 5) is 38.2. The van der Waals surface area contributed by atoms with Crippen LogP contribution < -0.4 is 15.1 Å². The average molecular weight is 370 g/mol. The summed E-state index contributed by atoms with van der Waals surface area (Å²) in [7, 11) is 2.94. The molecule has 0 bridgehead atoms. The van der Waals surface area contributed by atoms with Crippen molar-refractivity contribution < 1.29 is 9.57 Å². The van der Waals surface area contributed by atoms with Gasteiger partial charge in [-0.15, -0.1) is 4.73 Å². The molecule has 4 aromatic rings. The normalized spacial score (nSPS) is 11.2. The minimum absolute atomic E-state index is 0.321. The van der Waals surface area contributed by atoms with Gasteiger partial charge in [-0.3, -0.25) is 4.79 Å². The van der Waals surface area contributed by atoms with E-state index in [9.17, 15) is 4.79 Å². The number of H-pyrrole nitrogens is 1. The quantitative estimate of drug-likeness (QED) is 0.415. The van der Waals surface area contributed by atoms with E-state index in [2.05, 4.69) is 24.9 Å². The fraction of sp³-hybridized carbons (Fsp3) is 0.188. The predicted octanol–water partition coefficient (Wildman–Crippen LogP) is 1.42. The molecule has 0 saturated carbocycles. The second kappa shape index (κ2) is 6.64. The maximum absolute atomic E-state index is 12.8. The Kier molecular flexibility index (Phi) is 4.17. The van der Waals surface area contributed by atoms with Crippen LogP contribution in [0.2, 0.25) is 0 Å². The number of ether oxygens (including phenoxy) is 1. The highest BCUT2D eigenvalue weighted by Gasteiger charge is 2.16. The van der Waals surface area contributed by atoms with Crippen molar-refractivity contribution in [3.8, 4) is 5.75 Å². The molecule has 3 heterocycles. The summed E-state index contributed by atoms with van der Waals surface area (Å²) in [6.45, 7) is 0. The van der Waals surface area contributed by atoms with E-state index in [1.54, 1.807) is 24.5 Å². The van der Waals surface area contributed by atoms with E-state index in [1.165, 1.54) is 37.0 Å². The van der Waals surface area contributed by atoms with Gasteiger partial charge in [0.25, 0.3) is 5.56 Å². The van der Waals surface area contributed by atoms with Gasteiger partial charge in [0.2, 0.25) is 0 Å². The SMILES string of the molecule is COc1cccc2nc(CSc3ncnc4[nH]cnc34)n(OC)c(=O)c12. The van der Waals surface area contributed by atoms with Crippen molar-refractivity contribution in [2.24, 2.45) is 0 Å². The lowest BCUT2D eigenvalue weighted by molar-refractivity contribution is 0.148. The highest BCUT2D eigenvalue weighted by atomic mass is 32.2. The van der Waals surface area contributed by atoms with E-state index in [-0.39, 0.29) is 5.56 Å². The first-order valence-electron chi connectivity index (χ1n) is 7.63. The summed E-state index contributed by atoms with van der Waals surface area (Å²) in [5.41, 5.74) is 1.55. The van der Waals surface area contributed by atoms with E-state index < -0.39 is 0 Å². The monoisotopic (exact) mass is 370 g/mol. The van der Waals surface area contributed by atoms with Gasteiger partial charge in [0, 0.05) is 0 Å². The standard InChI is InChI=1S/C16H14N6O3S/c1-24-10-5-3-4-9-12(10)16(23)22(25-2)11(21-9)6-26-15-13-14(18-7-17-13)19-8-20-15/h3-5,7-8H,6H2,1-2H3,(H,17,18,19,20). The van der Waals surface area contributed by atoms with Crippen LogP contribution in [0.4, 0.5) is 0 Å². The van der Waals surface area contributed by atoms with Crippen LogP contribution in [0.5, 0.6) is 5.75 Å². The van der Waals surface area contributed by atoms with Crippen molar-refractivity contribution in [1.29, 1.82) is 0 Å². The molecule has 1 N–H and O–H groups in total. The summed E-state index contributed by atoms with van der Waals surface area (Å²) in [6.07, 6.45) is 3.03. The van der Waals surface area contributed by atoms with Gasteiger partial charge in [0.1, 0.15) is 35.1 Å². The third-order valence-electron chi connectivity index (χ3n) is 3.81. The van der Waals surface area contributed by atoms with Gasteiger partial charge in [-0.05, 0) is 12.1 Å². The van der Waals surface area contributed by atoms with Crippen molar-refractivity contribution in [2.45, 2.75) is 10.8 Å². The molecule has 1 aromatic carbocycles. The van der Waals surface area contributed by atoms with Crippen molar-refractivity contribution in [1.82, 2.24) is 29.7 Å². The van der Waals surface area contributed by atoms with E-state index >= 15 is 0 Å². The zero-order chi connectivity index (χ0) is 18.1. The Balaban J connectivity index is 1.77. The Labute approximate surface area is 151 Å². The molecule has 0 spiro atoms. The number of nitrogens with one attached hydrogen (secondary N) is 1. The lowest BCUT2D eigenvalue weighted by atomic mass is 10.2. The smallest absolute Gasteiger partial charge is 0.297 e. The van der Waals surface area contributed by atoms with Gasteiger partial charge in [0.05, 0.1) is 24.7 Å². The van der Waals surface area contributed by atoms with Crippen LogP contribution in [0.1, 0.15) is 5.82 Å². The predicted molar refractivity (Wildman–Crippen MR) is 96.3 cm³/mol. The van der Waals surface area contributed by atoms with Crippen molar-refractivity contribution in [3.05, 3.63) is 47.0 Å². The molecule has 0 amide bonds. The van der Waals surface area contributed by atoms with Gasteiger partial charge in [-0.1, -0.05) is 17.8 Å². The molecule has 132 valence electrons. The number of hydrogen-bond donors (Lipinski definition) is 1. The number of imidazole rings is 1. The molecule has 0 radical (unpaired) electrons. The maximum Gasteiger partial charge on any atom is 0.297 e. The van der Waals surface area contributed by atoms with Crippen molar-refractivity contribution in [2.75, 3.05) is 14.2 Å². The van der Waals surface area contributed by atoms with Crippen LogP contribution in [-0.4, -0.2) is 43.9 Å². The molecule has 3 aromatic heterocycles. The molecule has 0 fully saturated rings. The number of methoxy groups -OCH3 is 1. The number of nitrogens with zero attached hydrogens (tertiary/aromatic N) is 5. The lowest BCUT2D eigenvalue weighted by Crippen LogP contribution is -2.29. The fourth-order valence-electron chi connectivity index (χ4n) is 2.66. The summed E-state index contributed by atoms with van der Waals surface area (Å²) in [5, 5.41) is 1.07. The Hall–Kier alpha value is -3.14. The van der Waals surface area contributed by atoms with Gasteiger partial charge in [-0.25, -0.2) is 19.9 Å². The second-order valence-corrected chi connectivity index (χ2v) is 6.20. The molecule has 0 unspecified atom stereocenters. The Morgan fingerprint density at radius 1 is 1.23 bits per heavy atom. The number of thioether (sulfide) groups is 1. The minimum atomic E-state index is -0.321. The first kappa shape index (κ1) is 16.3. The number of benzene rings is 1. The number of hydrogen-bond acceptors (Lipinski definition) is 8. The highest BCUT2D eigenvalue weighted by molar-refractivity contribution is 7.98. The first-order valence-corrected chi connectivity index (χ1v) is 8.61. The van der Waals surface area contributed by atoms with Gasteiger partial charge < -0.3 is 14.6 Å². The molecule has 4 rings (SSSR count). The summed E-state index contributed by atoms with van der Waals surface area (Å²) in [5.74, 6) is 1.29. The Morgan fingerprint density at radius 3 is 2.92 bits per heavy atom. The molecule has 10 heteroatoms. The molecular weight excluding hydrogens is 356 g/mol. The maximum atomic E-state index is 12.8. The van der Waals surface area contributed by atoms with Crippen LogP contribution in [0.25, 0.3) is 22.1 Å². The summed E-state index contributed by atoms with van der Waals surface area (Å²) >= 11 is 1.40. The molecule has 26 heavy (non-hydrogen) atoms. The number of rotatable bonds is 5. The zero-order valence-electron chi connectivity index (χ0n) is 14.0. The Morgan fingerprint density at radius 2 is 2.12 bits per heavy atom. The van der Waals surface area contributed by atoms with E-state index in [1.807, 2.05) is 0 Å². The fourth-order valence-corrected chi connectivity index (χ4v) is 3.52. The van der Waals surface area contributed by atoms with E-state index in [0.717, 1.165) is 0 Å². The molecule has 0 atom stereocenters. The lowest BCUT2D eigenvalue weighted by Gasteiger charge is -2.12. The first-order chi connectivity index (χ1) is 12.7. The van der Waals surface area contributed by atoms with Crippen LogP contribution in [0.15, 0.2) is 40.7 Å². The largest absolute Gasteiger partial charge is 0.496 e. The number of aromatic nitrogens is 6. The van der Waals surface area contributed by atoms with Gasteiger partial charge in [-0.2, -0.15) is 0 Å². The van der Waals surface area contributed by atoms with Gasteiger partial charge in [0.15, 0.2) is 11.5 Å². The topological polar surface area (TPSA) is 108 Å². The summed E-state index contributed by atoms with van der Waals surface area (Å²) < 4.78 is 6.44. The minimum Gasteiger partial charge on any atom is -0.496 e. The van der Waals surface area contributed by atoms with Gasteiger partial charge >= 0.3 is 0 Å². The zero-order valence-corrected chi connectivity index (χ0v) is 14.8. The summed E-state index contributed by atoms with van der Waals surface area (Å²) in [6, 6.07) is 5.28. The number of aromatic amines is 1. The number of fused-ring (bicyclic) bond motifs is 2. The van der Waals surface area contributed by atoms with E-state index in [0.29, 0.717) is 44.4 Å². The second-order valence-electron chi connectivity index (χ2n) is 5.23. The highest BCUT2D eigenvalue weighted by Crippen LogP contribution is 2.26. The average Bonchev–Trinajstić information content (AvgIpc) is 3.15. The Bertz CT molecular complexity index is 1160. The van der Waals surface area contributed by atoms with Crippen LogP contribution in [0.3, 0.4) is 0 Å².